The second-order valence-corrected chi connectivity index (χ2v) is 6.90. The highest BCUT2D eigenvalue weighted by Gasteiger charge is 2.22. The molecule has 0 bridgehead atoms. The Kier molecular flexibility index (Phi) is 7.47. The Morgan fingerprint density at radius 1 is 0.871 bits per heavy atom. The first kappa shape index (κ1) is 23.5. The summed E-state index contributed by atoms with van der Waals surface area (Å²) in [5.41, 5.74) is 3.06. The average Bonchev–Trinajstić information content (AvgIpc) is 2.64. The van der Waals surface area contributed by atoms with Crippen molar-refractivity contribution in [3.05, 3.63) is 52.8 Å². The molecule has 2 aromatic rings. The number of aryl methyl sites for hydroxylation is 3. The van der Waals surface area contributed by atoms with E-state index >= 15 is 0 Å². The molecule has 0 aliphatic carbocycles. The van der Waals surface area contributed by atoms with Crippen molar-refractivity contribution >= 4 is 17.8 Å². The van der Waals surface area contributed by atoms with Crippen molar-refractivity contribution in [3.63, 3.8) is 0 Å². The minimum Gasteiger partial charge on any atom is -0.459 e. The van der Waals surface area contributed by atoms with Crippen LogP contribution < -0.4 is 19.5 Å². The maximum absolute atomic E-state index is 12.8. The van der Waals surface area contributed by atoms with Gasteiger partial charge < -0.3 is 19.5 Å². The molecule has 1 amide bonds. The van der Waals surface area contributed by atoms with Crippen LogP contribution in [-0.4, -0.2) is 27.8 Å². The van der Waals surface area contributed by atoms with Gasteiger partial charge in [-0.25, -0.2) is 0 Å². The fourth-order valence-electron chi connectivity index (χ4n) is 2.64. The van der Waals surface area contributed by atoms with E-state index in [1.165, 1.54) is 26.0 Å². The van der Waals surface area contributed by atoms with Crippen molar-refractivity contribution in [2.45, 2.75) is 48.1 Å². The van der Waals surface area contributed by atoms with Crippen molar-refractivity contribution in [3.8, 4) is 17.2 Å². The maximum Gasteiger partial charge on any atom is 0.308 e. The Balaban J connectivity index is 2.40. The lowest BCUT2D eigenvalue weighted by Crippen LogP contribution is -2.24. The van der Waals surface area contributed by atoms with Crippen LogP contribution in [-0.2, 0) is 16.1 Å². The zero-order valence-electron chi connectivity index (χ0n) is 18.4. The molecular formula is C22H25N3O6. The van der Waals surface area contributed by atoms with E-state index in [0.29, 0.717) is 11.4 Å². The van der Waals surface area contributed by atoms with Crippen LogP contribution in [0.4, 0.5) is 0 Å². The fraction of sp³-hybridized carbons (Fsp3) is 0.318. The predicted molar refractivity (Wildman–Crippen MR) is 112 cm³/mol. The van der Waals surface area contributed by atoms with Crippen LogP contribution >= 0.6 is 0 Å². The maximum atomic E-state index is 12.8. The second kappa shape index (κ2) is 9.84. The SMILES string of the molecule is C=C(C)Oc1cc(C(=O)NCc2nc(C)c(C)nc2C)cc(OC(C)=O)c1OC(C)=O. The lowest BCUT2D eigenvalue weighted by atomic mass is 10.1. The third kappa shape index (κ3) is 6.36. The molecule has 0 aliphatic heterocycles. The molecule has 0 saturated heterocycles. The van der Waals surface area contributed by atoms with Crippen molar-refractivity contribution in [2.24, 2.45) is 0 Å². The predicted octanol–water partition coefficient (Wildman–Crippen LogP) is 3.09. The molecule has 0 radical (unpaired) electrons. The number of hydrogen-bond donors (Lipinski definition) is 1. The van der Waals surface area contributed by atoms with Gasteiger partial charge in [0.1, 0.15) is 0 Å². The lowest BCUT2D eigenvalue weighted by Gasteiger charge is -2.16. The summed E-state index contributed by atoms with van der Waals surface area (Å²) in [6, 6.07) is 2.66. The standard InChI is InChI=1S/C22H25N3O6/c1-11(2)29-19-8-17(9-20(30-15(6)26)21(19)31-16(7)27)22(28)23-10-18-14(5)24-12(3)13(4)25-18/h8-9H,1,10H2,2-7H3,(H,23,28). The Labute approximate surface area is 180 Å². The number of rotatable bonds is 7. The van der Waals surface area contributed by atoms with Crippen molar-refractivity contribution in [1.29, 1.82) is 0 Å². The van der Waals surface area contributed by atoms with Gasteiger partial charge in [0.15, 0.2) is 11.5 Å². The average molecular weight is 427 g/mol. The Morgan fingerprint density at radius 3 is 1.97 bits per heavy atom. The van der Waals surface area contributed by atoms with Gasteiger partial charge in [-0.3, -0.25) is 24.4 Å². The third-order valence-corrected chi connectivity index (χ3v) is 4.06. The van der Waals surface area contributed by atoms with Gasteiger partial charge in [0.25, 0.3) is 5.91 Å². The monoisotopic (exact) mass is 427 g/mol. The van der Waals surface area contributed by atoms with E-state index in [9.17, 15) is 14.4 Å². The summed E-state index contributed by atoms with van der Waals surface area (Å²) >= 11 is 0. The van der Waals surface area contributed by atoms with E-state index in [4.69, 9.17) is 14.2 Å². The smallest absolute Gasteiger partial charge is 0.308 e. The first-order chi connectivity index (χ1) is 14.5. The minimum atomic E-state index is -0.659. The summed E-state index contributed by atoms with van der Waals surface area (Å²) in [7, 11) is 0. The molecule has 0 unspecified atom stereocenters. The number of ether oxygens (including phenoxy) is 3. The number of nitrogens with zero attached hydrogens (tertiary/aromatic N) is 2. The lowest BCUT2D eigenvalue weighted by molar-refractivity contribution is -0.134. The van der Waals surface area contributed by atoms with Crippen LogP contribution in [0.25, 0.3) is 0 Å². The second-order valence-electron chi connectivity index (χ2n) is 6.90. The largest absolute Gasteiger partial charge is 0.459 e. The number of esters is 2. The highest BCUT2D eigenvalue weighted by molar-refractivity contribution is 5.96. The summed E-state index contributed by atoms with van der Waals surface area (Å²) < 4.78 is 15.8. The topological polar surface area (TPSA) is 117 Å². The summed E-state index contributed by atoms with van der Waals surface area (Å²) in [4.78, 5) is 44.7. The van der Waals surface area contributed by atoms with E-state index in [0.717, 1.165) is 11.4 Å². The molecule has 0 aliphatic rings. The van der Waals surface area contributed by atoms with Crippen LogP contribution in [0.3, 0.4) is 0 Å². The molecule has 164 valence electrons. The molecule has 1 aromatic heterocycles. The van der Waals surface area contributed by atoms with Gasteiger partial charge >= 0.3 is 11.9 Å². The van der Waals surface area contributed by atoms with Crippen LogP contribution in [0.1, 0.15) is 53.9 Å². The molecule has 0 saturated carbocycles. The highest BCUT2D eigenvalue weighted by Crippen LogP contribution is 2.40. The number of carbonyl (C=O) groups excluding carboxylic acids is 3. The Morgan fingerprint density at radius 2 is 1.42 bits per heavy atom. The number of amides is 1. The van der Waals surface area contributed by atoms with E-state index in [2.05, 4.69) is 21.9 Å². The molecule has 1 N–H and O–H groups in total. The van der Waals surface area contributed by atoms with E-state index in [1.807, 2.05) is 20.8 Å². The summed E-state index contributed by atoms with van der Waals surface area (Å²) in [5, 5.41) is 2.76. The fourth-order valence-corrected chi connectivity index (χ4v) is 2.64. The molecule has 31 heavy (non-hydrogen) atoms. The number of nitrogens with one attached hydrogen (secondary N) is 1. The quantitative estimate of drug-likeness (QED) is 0.407. The van der Waals surface area contributed by atoms with Gasteiger partial charge in [-0.15, -0.1) is 0 Å². The molecule has 1 aromatic carbocycles. The van der Waals surface area contributed by atoms with Gasteiger partial charge in [-0.2, -0.15) is 0 Å². The van der Waals surface area contributed by atoms with Crippen LogP contribution in [0, 0.1) is 20.8 Å². The molecule has 1 heterocycles. The molecule has 0 atom stereocenters. The zero-order chi connectivity index (χ0) is 23.3. The van der Waals surface area contributed by atoms with E-state index in [-0.39, 0.29) is 35.1 Å². The summed E-state index contributed by atoms with van der Waals surface area (Å²) in [6.07, 6.45) is 0. The zero-order valence-corrected chi connectivity index (χ0v) is 18.4. The van der Waals surface area contributed by atoms with E-state index < -0.39 is 17.8 Å². The van der Waals surface area contributed by atoms with Crippen molar-refractivity contribution in [1.82, 2.24) is 15.3 Å². The molecule has 9 nitrogen and oxygen atoms in total. The molecular weight excluding hydrogens is 402 g/mol. The number of allylic oxidation sites excluding steroid dienone is 1. The Hall–Kier alpha value is -3.75. The van der Waals surface area contributed by atoms with Crippen LogP contribution in [0.2, 0.25) is 0 Å². The molecule has 0 fully saturated rings. The summed E-state index contributed by atoms with van der Waals surface area (Å²) in [6.45, 7) is 13.3. The normalized spacial score (nSPS) is 10.3. The van der Waals surface area contributed by atoms with E-state index in [1.54, 1.807) is 6.92 Å². The van der Waals surface area contributed by atoms with Crippen LogP contribution in [0.5, 0.6) is 17.2 Å². The summed E-state index contributed by atoms with van der Waals surface area (Å²) in [5.74, 6) is -1.76. The third-order valence-electron chi connectivity index (χ3n) is 4.06. The van der Waals surface area contributed by atoms with Gasteiger partial charge in [0, 0.05) is 19.4 Å². The van der Waals surface area contributed by atoms with Gasteiger partial charge in [0.2, 0.25) is 5.75 Å². The number of hydrogen-bond acceptors (Lipinski definition) is 8. The number of aromatic nitrogens is 2. The van der Waals surface area contributed by atoms with Crippen molar-refractivity contribution < 1.29 is 28.6 Å². The minimum absolute atomic E-state index is 0.00810. The molecule has 0 spiro atoms. The van der Waals surface area contributed by atoms with Crippen molar-refractivity contribution in [2.75, 3.05) is 0 Å². The highest BCUT2D eigenvalue weighted by atomic mass is 16.6. The molecule has 9 heteroatoms. The number of carbonyl (C=O) groups is 3. The van der Waals surface area contributed by atoms with Gasteiger partial charge in [-0.05, 0) is 39.8 Å². The molecule has 2 rings (SSSR count). The Bertz CT molecular complexity index is 1020. The number of benzene rings is 1. The first-order valence-corrected chi connectivity index (χ1v) is 9.45. The first-order valence-electron chi connectivity index (χ1n) is 9.45. The van der Waals surface area contributed by atoms with Crippen LogP contribution in [0.15, 0.2) is 24.5 Å². The van der Waals surface area contributed by atoms with Gasteiger partial charge in [0.05, 0.1) is 35.1 Å². The van der Waals surface area contributed by atoms with Gasteiger partial charge in [-0.1, -0.05) is 6.58 Å².